The molecule has 19 heavy (non-hydrogen) atoms. The number of fused-ring (bicyclic) bond motifs is 1. The van der Waals surface area contributed by atoms with Crippen LogP contribution in [-0.4, -0.2) is 33.3 Å². The van der Waals surface area contributed by atoms with Crippen LogP contribution in [0.4, 0.5) is 10.5 Å². The van der Waals surface area contributed by atoms with Crippen molar-refractivity contribution in [3.8, 4) is 0 Å². The van der Waals surface area contributed by atoms with Crippen LogP contribution in [0.15, 0.2) is 24.5 Å². The lowest BCUT2D eigenvalue weighted by Crippen LogP contribution is -2.23. The van der Waals surface area contributed by atoms with E-state index in [4.69, 9.17) is 5.11 Å². The summed E-state index contributed by atoms with van der Waals surface area (Å²) >= 11 is 0. The minimum Gasteiger partial charge on any atom is -0.465 e. The van der Waals surface area contributed by atoms with Gasteiger partial charge in [-0.25, -0.2) is 9.31 Å². The quantitative estimate of drug-likeness (QED) is 0.779. The summed E-state index contributed by atoms with van der Waals surface area (Å²) in [7, 11) is 0. The highest BCUT2D eigenvalue weighted by atomic mass is 16.4. The number of carbonyl (C=O) groups excluding carboxylic acids is 1. The number of anilines is 1. The average Bonchev–Trinajstić information content (AvgIpc) is 2.78. The molecule has 7 heteroatoms. The van der Waals surface area contributed by atoms with E-state index in [-0.39, 0.29) is 5.91 Å². The second-order valence-corrected chi connectivity index (χ2v) is 3.99. The largest absolute Gasteiger partial charge is 0.465 e. The van der Waals surface area contributed by atoms with Gasteiger partial charge in [-0.1, -0.05) is 6.92 Å². The molecule has 0 aromatic carbocycles. The highest BCUT2D eigenvalue weighted by molar-refractivity contribution is 6.01. The summed E-state index contributed by atoms with van der Waals surface area (Å²) in [5.41, 5.74) is 1.37. The SMILES string of the molecule is CCCNC(=O)c1cnn2ccc(NC(=O)O)cc12. The van der Waals surface area contributed by atoms with Gasteiger partial charge in [0.15, 0.2) is 0 Å². The normalized spacial score (nSPS) is 10.4. The zero-order valence-corrected chi connectivity index (χ0v) is 10.4. The van der Waals surface area contributed by atoms with Crippen LogP contribution in [0.1, 0.15) is 23.7 Å². The van der Waals surface area contributed by atoms with Gasteiger partial charge in [-0.05, 0) is 18.6 Å². The molecule has 2 amide bonds. The Labute approximate surface area is 109 Å². The molecule has 0 radical (unpaired) electrons. The third-order valence-electron chi connectivity index (χ3n) is 2.55. The zero-order valence-electron chi connectivity index (χ0n) is 10.4. The molecule has 0 saturated carbocycles. The second kappa shape index (κ2) is 5.38. The van der Waals surface area contributed by atoms with Gasteiger partial charge in [-0.15, -0.1) is 0 Å². The van der Waals surface area contributed by atoms with Crippen molar-refractivity contribution in [3.63, 3.8) is 0 Å². The fraction of sp³-hybridized carbons (Fsp3) is 0.250. The molecule has 0 atom stereocenters. The lowest BCUT2D eigenvalue weighted by atomic mass is 10.2. The number of hydrogen-bond acceptors (Lipinski definition) is 3. The van der Waals surface area contributed by atoms with Gasteiger partial charge >= 0.3 is 6.09 Å². The Kier molecular flexibility index (Phi) is 3.65. The van der Waals surface area contributed by atoms with Crippen LogP contribution in [0, 0.1) is 0 Å². The molecule has 0 unspecified atom stereocenters. The van der Waals surface area contributed by atoms with Crippen molar-refractivity contribution in [2.75, 3.05) is 11.9 Å². The Morgan fingerprint density at radius 3 is 2.95 bits per heavy atom. The summed E-state index contributed by atoms with van der Waals surface area (Å²) in [5.74, 6) is -0.218. The van der Waals surface area contributed by atoms with Gasteiger partial charge in [0.2, 0.25) is 0 Å². The molecule has 0 spiro atoms. The summed E-state index contributed by atoms with van der Waals surface area (Å²) < 4.78 is 1.52. The Morgan fingerprint density at radius 2 is 2.26 bits per heavy atom. The Morgan fingerprint density at radius 1 is 1.47 bits per heavy atom. The number of carbonyl (C=O) groups is 2. The van der Waals surface area contributed by atoms with Crippen molar-refractivity contribution in [2.24, 2.45) is 0 Å². The Bertz CT molecular complexity index is 620. The molecule has 0 saturated heterocycles. The maximum atomic E-state index is 11.9. The van der Waals surface area contributed by atoms with Crippen molar-refractivity contribution in [2.45, 2.75) is 13.3 Å². The topological polar surface area (TPSA) is 95.7 Å². The first-order valence-electron chi connectivity index (χ1n) is 5.87. The van der Waals surface area contributed by atoms with Crippen molar-refractivity contribution in [1.82, 2.24) is 14.9 Å². The van der Waals surface area contributed by atoms with Gasteiger partial charge in [-0.3, -0.25) is 10.1 Å². The van der Waals surface area contributed by atoms with Gasteiger partial charge in [0.1, 0.15) is 0 Å². The fourth-order valence-electron chi connectivity index (χ4n) is 1.69. The summed E-state index contributed by atoms with van der Waals surface area (Å²) in [4.78, 5) is 22.5. The molecule has 2 aromatic rings. The first-order chi connectivity index (χ1) is 9.11. The molecule has 2 heterocycles. The highest BCUT2D eigenvalue weighted by Crippen LogP contribution is 2.16. The number of rotatable bonds is 4. The number of carboxylic acid groups (broad SMARTS) is 1. The van der Waals surface area contributed by atoms with Crippen LogP contribution >= 0.6 is 0 Å². The van der Waals surface area contributed by atoms with Gasteiger partial charge in [0.05, 0.1) is 17.3 Å². The summed E-state index contributed by atoms with van der Waals surface area (Å²) in [6, 6.07) is 3.14. The maximum absolute atomic E-state index is 11.9. The number of amides is 2. The number of aromatic nitrogens is 2. The van der Waals surface area contributed by atoms with Crippen LogP contribution in [0.3, 0.4) is 0 Å². The third-order valence-corrected chi connectivity index (χ3v) is 2.55. The smallest absolute Gasteiger partial charge is 0.409 e. The monoisotopic (exact) mass is 262 g/mol. The fourth-order valence-corrected chi connectivity index (χ4v) is 1.69. The first kappa shape index (κ1) is 12.9. The molecule has 0 aliphatic rings. The standard InChI is InChI=1S/C12H14N4O3/c1-2-4-13-11(17)9-7-14-16-5-3-8(6-10(9)16)15-12(18)19/h3,5-7,15H,2,4H2,1H3,(H,13,17)(H,18,19). The van der Waals surface area contributed by atoms with E-state index in [1.165, 1.54) is 10.7 Å². The molecule has 0 aliphatic carbocycles. The van der Waals surface area contributed by atoms with Crippen molar-refractivity contribution in [3.05, 3.63) is 30.1 Å². The maximum Gasteiger partial charge on any atom is 0.409 e. The molecular formula is C12H14N4O3. The van der Waals surface area contributed by atoms with E-state index >= 15 is 0 Å². The van der Waals surface area contributed by atoms with E-state index in [2.05, 4.69) is 15.7 Å². The predicted molar refractivity (Wildman–Crippen MR) is 69.5 cm³/mol. The number of hydrogen-bond donors (Lipinski definition) is 3. The van der Waals surface area contributed by atoms with E-state index in [9.17, 15) is 9.59 Å². The van der Waals surface area contributed by atoms with Crippen molar-refractivity contribution >= 4 is 23.2 Å². The van der Waals surface area contributed by atoms with Gasteiger partial charge in [0, 0.05) is 18.4 Å². The number of nitrogens with one attached hydrogen (secondary N) is 2. The van der Waals surface area contributed by atoms with Crippen LogP contribution in [-0.2, 0) is 0 Å². The average molecular weight is 262 g/mol. The molecule has 3 N–H and O–H groups in total. The second-order valence-electron chi connectivity index (χ2n) is 3.99. The molecule has 0 fully saturated rings. The molecule has 100 valence electrons. The minimum absolute atomic E-state index is 0.218. The van der Waals surface area contributed by atoms with Gasteiger partial charge < -0.3 is 10.4 Å². The molecule has 2 aromatic heterocycles. The Balaban J connectivity index is 2.34. The van der Waals surface area contributed by atoms with Gasteiger partial charge in [-0.2, -0.15) is 5.10 Å². The van der Waals surface area contributed by atoms with Crippen LogP contribution in [0.5, 0.6) is 0 Å². The third kappa shape index (κ3) is 2.82. The number of pyridine rings is 1. The molecule has 0 aliphatic heterocycles. The summed E-state index contributed by atoms with van der Waals surface area (Å²) in [6.07, 6.45) is 2.75. The van der Waals surface area contributed by atoms with E-state index in [1.54, 1.807) is 18.3 Å². The van der Waals surface area contributed by atoms with Crippen LogP contribution in [0.2, 0.25) is 0 Å². The van der Waals surface area contributed by atoms with Crippen molar-refractivity contribution in [1.29, 1.82) is 0 Å². The van der Waals surface area contributed by atoms with E-state index < -0.39 is 6.09 Å². The molecule has 0 bridgehead atoms. The van der Waals surface area contributed by atoms with E-state index in [0.717, 1.165) is 6.42 Å². The van der Waals surface area contributed by atoms with E-state index in [1.807, 2.05) is 6.92 Å². The van der Waals surface area contributed by atoms with E-state index in [0.29, 0.717) is 23.3 Å². The first-order valence-corrected chi connectivity index (χ1v) is 5.87. The molecular weight excluding hydrogens is 248 g/mol. The highest BCUT2D eigenvalue weighted by Gasteiger charge is 2.12. The lowest BCUT2D eigenvalue weighted by Gasteiger charge is -2.04. The van der Waals surface area contributed by atoms with Crippen LogP contribution in [0.25, 0.3) is 5.52 Å². The zero-order chi connectivity index (χ0) is 13.8. The lowest BCUT2D eigenvalue weighted by molar-refractivity contribution is 0.0955. The van der Waals surface area contributed by atoms with Gasteiger partial charge in [0.25, 0.3) is 5.91 Å². The number of nitrogens with zero attached hydrogens (tertiary/aromatic N) is 2. The molecule has 2 rings (SSSR count). The van der Waals surface area contributed by atoms with Crippen LogP contribution < -0.4 is 10.6 Å². The summed E-state index contributed by atoms with van der Waals surface area (Å²) in [5, 5.41) is 17.7. The molecule has 7 nitrogen and oxygen atoms in total. The minimum atomic E-state index is -1.15. The Hall–Kier alpha value is -2.57. The van der Waals surface area contributed by atoms with Crippen molar-refractivity contribution < 1.29 is 14.7 Å². The predicted octanol–water partition coefficient (Wildman–Crippen LogP) is 1.56. The summed E-state index contributed by atoms with van der Waals surface area (Å²) in [6.45, 7) is 2.55.